The van der Waals surface area contributed by atoms with E-state index in [1.54, 1.807) is 7.11 Å². The van der Waals surface area contributed by atoms with Crippen LogP contribution in [-0.4, -0.2) is 12.1 Å². The highest BCUT2D eigenvalue weighted by Crippen LogP contribution is 2.26. The quantitative estimate of drug-likeness (QED) is 0.778. The molecular formula is C18H18N2O. The first-order valence-corrected chi connectivity index (χ1v) is 6.98. The first kappa shape index (κ1) is 13.4. The van der Waals surface area contributed by atoms with E-state index in [9.17, 15) is 0 Å². The summed E-state index contributed by atoms with van der Waals surface area (Å²) in [5.41, 5.74) is 3.44. The van der Waals surface area contributed by atoms with E-state index >= 15 is 0 Å². The third-order valence-electron chi connectivity index (χ3n) is 3.60. The van der Waals surface area contributed by atoms with E-state index in [0.29, 0.717) is 0 Å². The Morgan fingerprint density at radius 1 is 1.14 bits per heavy atom. The molecule has 1 N–H and O–H groups in total. The van der Waals surface area contributed by atoms with Crippen molar-refractivity contribution in [3.8, 4) is 5.75 Å². The van der Waals surface area contributed by atoms with Crippen LogP contribution in [0.5, 0.6) is 5.75 Å². The molecule has 0 saturated carbocycles. The van der Waals surface area contributed by atoms with Crippen molar-refractivity contribution >= 4 is 16.5 Å². The smallest absolute Gasteiger partial charge is 0.142 e. The second-order valence-corrected chi connectivity index (χ2v) is 5.07. The molecule has 0 radical (unpaired) electrons. The molecule has 21 heavy (non-hydrogen) atoms. The van der Waals surface area contributed by atoms with Gasteiger partial charge in [0.15, 0.2) is 0 Å². The van der Waals surface area contributed by atoms with Crippen LogP contribution in [0, 0.1) is 6.92 Å². The zero-order valence-corrected chi connectivity index (χ0v) is 12.3. The van der Waals surface area contributed by atoms with Crippen molar-refractivity contribution in [3.05, 3.63) is 66.0 Å². The molecule has 0 bridgehead atoms. The van der Waals surface area contributed by atoms with E-state index in [-0.39, 0.29) is 0 Å². The number of hydrogen-bond acceptors (Lipinski definition) is 3. The van der Waals surface area contributed by atoms with Crippen molar-refractivity contribution in [1.82, 2.24) is 4.98 Å². The Morgan fingerprint density at radius 2 is 2.05 bits per heavy atom. The minimum absolute atomic E-state index is 0.751. The molecular weight excluding hydrogens is 260 g/mol. The van der Waals surface area contributed by atoms with Crippen molar-refractivity contribution in [1.29, 1.82) is 0 Å². The molecule has 1 aromatic heterocycles. The summed E-state index contributed by atoms with van der Waals surface area (Å²) < 4.78 is 5.43. The van der Waals surface area contributed by atoms with E-state index in [2.05, 4.69) is 53.6 Å². The van der Waals surface area contributed by atoms with E-state index in [0.717, 1.165) is 23.4 Å². The molecule has 0 spiro atoms. The van der Waals surface area contributed by atoms with Crippen molar-refractivity contribution in [3.63, 3.8) is 0 Å². The molecule has 0 aliphatic rings. The molecule has 2 aromatic carbocycles. The zero-order valence-electron chi connectivity index (χ0n) is 12.3. The molecule has 3 nitrogen and oxygen atoms in total. The summed E-state index contributed by atoms with van der Waals surface area (Å²) in [6.45, 7) is 2.81. The second-order valence-electron chi connectivity index (χ2n) is 5.07. The minimum Gasteiger partial charge on any atom is -0.495 e. The Labute approximate surface area is 124 Å². The van der Waals surface area contributed by atoms with Crippen LogP contribution < -0.4 is 10.1 Å². The number of fused-ring (bicyclic) bond motifs is 1. The lowest BCUT2D eigenvalue weighted by Gasteiger charge is -2.13. The second kappa shape index (κ2) is 5.83. The fourth-order valence-corrected chi connectivity index (χ4v) is 2.48. The first-order chi connectivity index (χ1) is 10.3. The highest BCUT2D eigenvalue weighted by molar-refractivity contribution is 5.85. The molecule has 0 atom stereocenters. The summed E-state index contributed by atoms with van der Waals surface area (Å²) in [6, 6.07) is 14.5. The Balaban J connectivity index is 1.87. The fraction of sp³-hybridized carbons (Fsp3) is 0.167. The SMILES string of the molecule is COc1cc(C)ccc1NCc1cccc2cnccc12. The van der Waals surface area contributed by atoms with Gasteiger partial charge in [0.25, 0.3) is 0 Å². The third-order valence-corrected chi connectivity index (χ3v) is 3.60. The number of rotatable bonds is 4. The fourth-order valence-electron chi connectivity index (χ4n) is 2.48. The van der Waals surface area contributed by atoms with Gasteiger partial charge in [0, 0.05) is 24.3 Å². The molecule has 0 fully saturated rings. The molecule has 3 rings (SSSR count). The van der Waals surface area contributed by atoms with Crippen molar-refractivity contribution < 1.29 is 4.74 Å². The summed E-state index contributed by atoms with van der Waals surface area (Å²) in [4.78, 5) is 4.17. The van der Waals surface area contributed by atoms with Gasteiger partial charge in [-0.15, -0.1) is 0 Å². The van der Waals surface area contributed by atoms with Gasteiger partial charge in [0.2, 0.25) is 0 Å². The monoisotopic (exact) mass is 278 g/mol. The van der Waals surface area contributed by atoms with Crippen LogP contribution in [-0.2, 0) is 6.54 Å². The lowest BCUT2D eigenvalue weighted by molar-refractivity contribution is 0.416. The third kappa shape index (κ3) is 2.82. The number of methoxy groups -OCH3 is 1. The lowest BCUT2D eigenvalue weighted by Crippen LogP contribution is -2.02. The predicted octanol–water partition coefficient (Wildman–Crippen LogP) is 4.16. The number of pyridine rings is 1. The average Bonchev–Trinajstić information content (AvgIpc) is 2.53. The Kier molecular flexibility index (Phi) is 3.73. The number of benzene rings is 2. The first-order valence-electron chi connectivity index (χ1n) is 6.98. The highest BCUT2D eigenvalue weighted by Gasteiger charge is 2.04. The highest BCUT2D eigenvalue weighted by atomic mass is 16.5. The van der Waals surface area contributed by atoms with Gasteiger partial charge in [0.05, 0.1) is 12.8 Å². The van der Waals surface area contributed by atoms with Gasteiger partial charge < -0.3 is 10.1 Å². The largest absolute Gasteiger partial charge is 0.495 e. The van der Waals surface area contributed by atoms with Crippen LogP contribution in [0.2, 0.25) is 0 Å². The zero-order chi connectivity index (χ0) is 14.7. The Morgan fingerprint density at radius 3 is 2.90 bits per heavy atom. The minimum atomic E-state index is 0.751. The van der Waals surface area contributed by atoms with Gasteiger partial charge in [-0.2, -0.15) is 0 Å². The molecule has 3 aromatic rings. The van der Waals surface area contributed by atoms with Gasteiger partial charge in [-0.25, -0.2) is 0 Å². The molecule has 0 amide bonds. The van der Waals surface area contributed by atoms with Crippen LogP contribution in [0.25, 0.3) is 10.8 Å². The van der Waals surface area contributed by atoms with Crippen LogP contribution in [0.4, 0.5) is 5.69 Å². The maximum atomic E-state index is 5.43. The summed E-state index contributed by atoms with van der Waals surface area (Å²) in [6.07, 6.45) is 3.73. The van der Waals surface area contributed by atoms with Gasteiger partial charge >= 0.3 is 0 Å². The summed E-state index contributed by atoms with van der Waals surface area (Å²) in [5, 5.41) is 5.84. The lowest BCUT2D eigenvalue weighted by atomic mass is 10.1. The van der Waals surface area contributed by atoms with E-state index in [1.807, 2.05) is 18.5 Å². The van der Waals surface area contributed by atoms with E-state index in [1.165, 1.54) is 16.5 Å². The van der Waals surface area contributed by atoms with Crippen LogP contribution in [0.1, 0.15) is 11.1 Å². The number of nitrogens with zero attached hydrogens (tertiary/aromatic N) is 1. The van der Waals surface area contributed by atoms with Gasteiger partial charge in [0.1, 0.15) is 5.75 Å². The summed E-state index contributed by atoms with van der Waals surface area (Å²) in [7, 11) is 1.70. The van der Waals surface area contributed by atoms with Crippen LogP contribution >= 0.6 is 0 Å². The van der Waals surface area contributed by atoms with Gasteiger partial charge in [-0.05, 0) is 41.6 Å². The summed E-state index contributed by atoms with van der Waals surface area (Å²) in [5.74, 6) is 0.872. The van der Waals surface area contributed by atoms with Crippen LogP contribution in [0.3, 0.4) is 0 Å². The molecule has 0 aliphatic carbocycles. The van der Waals surface area contributed by atoms with Crippen LogP contribution in [0.15, 0.2) is 54.9 Å². The van der Waals surface area contributed by atoms with E-state index in [4.69, 9.17) is 4.74 Å². The number of anilines is 1. The van der Waals surface area contributed by atoms with Crippen molar-refractivity contribution in [2.45, 2.75) is 13.5 Å². The molecule has 0 unspecified atom stereocenters. The normalized spacial score (nSPS) is 10.6. The van der Waals surface area contributed by atoms with Crippen molar-refractivity contribution in [2.75, 3.05) is 12.4 Å². The number of hydrogen-bond donors (Lipinski definition) is 1. The molecule has 0 saturated heterocycles. The summed E-state index contributed by atoms with van der Waals surface area (Å²) >= 11 is 0. The predicted molar refractivity (Wildman–Crippen MR) is 86.8 cm³/mol. The van der Waals surface area contributed by atoms with Gasteiger partial charge in [-0.1, -0.05) is 24.3 Å². The maximum Gasteiger partial charge on any atom is 0.142 e. The Bertz CT molecular complexity index is 763. The molecule has 1 heterocycles. The number of aryl methyl sites for hydroxylation is 1. The number of aromatic nitrogens is 1. The average molecular weight is 278 g/mol. The molecule has 3 heteroatoms. The molecule has 106 valence electrons. The van der Waals surface area contributed by atoms with E-state index < -0.39 is 0 Å². The van der Waals surface area contributed by atoms with Gasteiger partial charge in [-0.3, -0.25) is 4.98 Å². The topological polar surface area (TPSA) is 34.1 Å². The number of ether oxygens (including phenoxy) is 1. The standard InChI is InChI=1S/C18H18N2O/c1-13-6-7-17(18(10-13)21-2)20-12-15-5-3-4-14-11-19-9-8-16(14)15/h3-11,20H,12H2,1-2H3. The number of nitrogens with one attached hydrogen (secondary N) is 1. The Hall–Kier alpha value is -2.55. The molecule has 0 aliphatic heterocycles. The maximum absolute atomic E-state index is 5.43. The van der Waals surface area contributed by atoms with Crippen molar-refractivity contribution in [2.24, 2.45) is 0 Å².